The van der Waals surface area contributed by atoms with Gasteiger partial charge in [-0.2, -0.15) is 0 Å². The highest BCUT2D eigenvalue weighted by Gasteiger charge is 2.22. The number of fused-ring (bicyclic) bond motifs is 1. The van der Waals surface area contributed by atoms with Crippen LogP contribution in [0.4, 0.5) is 14.5 Å². The summed E-state index contributed by atoms with van der Waals surface area (Å²) in [5.74, 6) is -3.13. The van der Waals surface area contributed by atoms with Crippen LogP contribution in [0.1, 0.15) is 21.5 Å². The van der Waals surface area contributed by atoms with Crippen LogP contribution in [0.15, 0.2) is 41.3 Å². The van der Waals surface area contributed by atoms with Crippen molar-refractivity contribution < 1.29 is 28.7 Å². The van der Waals surface area contributed by atoms with Crippen molar-refractivity contribution in [3.63, 3.8) is 0 Å². The van der Waals surface area contributed by atoms with E-state index in [0.717, 1.165) is 12.1 Å². The zero-order valence-electron chi connectivity index (χ0n) is 17.0. The molecule has 0 saturated carbocycles. The topological polar surface area (TPSA) is 160 Å². The fourth-order valence-corrected chi connectivity index (χ4v) is 2.94. The van der Waals surface area contributed by atoms with Crippen molar-refractivity contribution in [1.29, 1.82) is 0 Å². The number of carbonyl (C=O) groups excluding carboxylic acids is 2. The summed E-state index contributed by atoms with van der Waals surface area (Å²) < 4.78 is 27.0. The molecule has 12 heteroatoms. The van der Waals surface area contributed by atoms with Gasteiger partial charge >= 0.3 is 0 Å². The third-order valence-electron chi connectivity index (χ3n) is 4.57. The Morgan fingerprint density at radius 3 is 2.67 bits per heavy atom. The third kappa shape index (κ3) is 5.13. The van der Waals surface area contributed by atoms with Gasteiger partial charge in [0.1, 0.15) is 17.2 Å². The van der Waals surface area contributed by atoms with Crippen molar-refractivity contribution in [1.82, 2.24) is 20.3 Å². The standard InChI is InChI=1S/C21H19F2N5O5/c22-13-3-2-12(15(23)8-13)10-27-20(31)17-18(24)14-7-11(1-4-16(30)25-5-6-29)9-26-19(14)28(33)21(17)32/h1-4,7-9,29,33H,5-6,10,24H2,(H,25,30)(H,27,31)/b4-1+. The number of nitrogens with one attached hydrogen (secondary N) is 2. The van der Waals surface area contributed by atoms with Crippen LogP contribution in [0.2, 0.25) is 0 Å². The molecular formula is C21H19F2N5O5. The smallest absolute Gasteiger partial charge is 0.299 e. The molecule has 6 N–H and O–H groups in total. The number of rotatable bonds is 7. The molecule has 0 radical (unpaired) electrons. The van der Waals surface area contributed by atoms with Crippen LogP contribution in [-0.2, 0) is 11.3 Å². The number of hydrogen-bond acceptors (Lipinski definition) is 7. The summed E-state index contributed by atoms with van der Waals surface area (Å²) in [6, 6.07) is 4.20. The predicted molar refractivity (Wildman–Crippen MR) is 114 cm³/mol. The lowest BCUT2D eigenvalue weighted by atomic mass is 10.1. The molecule has 10 nitrogen and oxygen atoms in total. The van der Waals surface area contributed by atoms with Gasteiger partial charge in [0.2, 0.25) is 5.91 Å². The minimum Gasteiger partial charge on any atom is -0.423 e. The summed E-state index contributed by atoms with van der Waals surface area (Å²) in [7, 11) is 0. The fourth-order valence-electron chi connectivity index (χ4n) is 2.94. The molecule has 3 rings (SSSR count). The highest BCUT2D eigenvalue weighted by atomic mass is 19.1. The highest BCUT2D eigenvalue weighted by molar-refractivity contribution is 6.06. The molecule has 2 amide bonds. The van der Waals surface area contributed by atoms with Gasteiger partial charge in [-0.3, -0.25) is 14.4 Å². The first kappa shape index (κ1) is 23.3. The number of nitrogens with two attached hydrogens (primary N) is 1. The van der Waals surface area contributed by atoms with Crippen LogP contribution in [-0.4, -0.2) is 45.0 Å². The van der Waals surface area contributed by atoms with Crippen LogP contribution in [0, 0.1) is 11.6 Å². The van der Waals surface area contributed by atoms with Crippen LogP contribution in [0.3, 0.4) is 0 Å². The van der Waals surface area contributed by atoms with Crippen molar-refractivity contribution in [2.45, 2.75) is 6.54 Å². The largest absolute Gasteiger partial charge is 0.423 e. The Hall–Kier alpha value is -4.32. The minimum atomic E-state index is -1.14. The Morgan fingerprint density at radius 1 is 1.21 bits per heavy atom. The molecule has 0 saturated heterocycles. The van der Waals surface area contributed by atoms with Crippen LogP contribution in [0.25, 0.3) is 17.1 Å². The van der Waals surface area contributed by atoms with E-state index in [1.807, 2.05) is 0 Å². The molecule has 3 aromatic rings. The fraction of sp³-hybridized carbons (Fsp3) is 0.143. The molecule has 0 unspecified atom stereocenters. The zero-order chi connectivity index (χ0) is 24.1. The molecule has 0 aliphatic heterocycles. The number of benzene rings is 1. The molecule has 0 fully saturated rings. The van der Waals surface area contributed by atoms with E-state index in [4.69, 9.17) is 10.8 Å². The predicted octanol–water partition coefficient (Wildman–Crippen LogP) is 0.546. The molecule has 0 aliphatic carbocycles. The second-order valence-electron chi connectivity index (χ2n) is 6.81. The molecule has 172 valence electrons. The molecule has 0 atom stereocenters. The lowest BCUT2D eigenvalue weighted by molar-refractivity contribution is -0.116. The summed E-state index contributed by atoms with van der Waals surface area (Å²) in [6.07, 6.45) is 3.82. The number of anilines is 1. The first-order chi connectivity index (χ1) is 15.7. The minimum absolute atomic E-state index is 0.0259. The number of hydrogen-bond donors (Lipinski definition) is 5. The number of nitrogen functional groups attached to an aromatic ring is 1. The summed E-state index contributed by atoms with van der Waals surface area (Å²) in [6.45, 7) is -0.513. The van der Waals surface area contributed by atoms with Crippen molar-refractivity contribution in [3.05, 3.63) is 75.2 Å². The Bertz CT molecular complexity index is 1320. The van der Waals surface area contributed by atoms with Crippen LogP contribution < -0.4 is 21.9 Å². The van der Waals surface area contributed by atoms with E-state index >= 15 is 0 Å². The van der Waals surface area contributed by atoms with Crippen LogP contribution >= 0.6 is 0 Å². The lowest BCUT2D eigenvalue weighted by Crippen LogP contribution is -2.34. The highest BCUT2D eigenvalue weighted by Crippen LogP contribution is 2.22. The molecule has 2 heterocycles. The van der Waals surface area contributed by atoms with Crippen molar-refractivity contribution >= 4 is 34.6 Å². The first-order valence-electron chi connectivity index (χ1n) is 9.55. The van der Waals surface area contributed by atoms with Gasteiger partial charge in [0.15, 0.2) is 5.65 Å². The quantitative estimate of drug-likeness (QED) is 0.255. The number of amides is 2. The average Bonchev–Trinajstić information content (AvgIpc) is 2.79. The van der Waals surface area contributed by atoms with Crippen LogP contribution in [0.5, 0.6) is 0 Å². The number of halogens is 2. The number of aliphatic hydroxyl groups is 1. The summed E-state index contributed by atoms with van der Waals surface area (Å²) in [5.41, 5.74) is 4.11. The van der Waals surface area contributed by atoms with E-state index in [-0.39, 0.29) is 46.7 Å². The van der Waals surface area contributed by atoms with E-state index < -0.39 is 34.6 Å². The second-order valence-corrected chi connectivity index (χ2v) is 6.81. The lowest BCUT2D eigenvalue weighted by Gasteiger charge is -2.12. The Morgan fingerprint density at radius 2 is 1.97 bits per heavy atom. The van der Waals surface area contributed by atoms with E-state index in [1.165, 1.54) is 24.4 Å². The molecule has 0 spiro atoms. The Balaban J connectivity index is 1.92. The maximum absolute atomic E-state index is 13.8. The van der Waals surface area contributed by atoms with Gasteiger partial charge in [-0.15, -0.1) is 4.73 Å². The van der Waals surface area contributed by atoms with Gasteiger partial charge in [-0.1, -0.05) is 6.07 Å². The Kier molecular flexibility index (Phi) is 6.98. The normalized spacial score (nSPS) is 11.1. The van der Waals surface area contributed by atoms with Crippen molar-refractivity contribution in [3.8, 4) is 0 Å². The molecule has 0 bridgehead atoms. The van der Waals surface area contributed by atoms with Gasteiger partial charge in [-0.05, 0) is 23.8 Å². The average molecular weight is 459 g/mol. The summed E-state index contributed by atoms with van der Waals surface area (Å²) in [5, 5.41) is 23.7. The first-order valence-corrected chi connectivity index (χ1v) is 9.55. The SMILES string of the molecule is Nc1c(C(=O)NCc2ccc(F)cc2F)c(=O)n(O)c2ncc(/C=C/C(=O)NCCO)cc12. The molecule has 2 aromatic heterocycles. The summed E-state index contributed by atoms with van der Waals surface area (Å²) >= 11 is 0. The molecule has 33 heavy (non-hydrogen) atoms. The summed E-state index contributed by atoms with van der Waals surface area (Å²) in [4.78, 5) is 40.7. The van der Waals surface area contributed by atoms with Crippen molar-refractivity contribution in [2.75, 3.05) is 18.9 Å². The maximum atomic E-state index is 13.8. The number of pyridine rings is 2. The Labute approximate surface area is 184 Å². The van der Waals surface area contributed by atoms with Crippen molar-refractivity contribution in [2.24, 2.45) is 0 Å². The number of nitrogens with zero attached hydrogens (tertiary/aromatic N) is 2. The maximum Gasteiger partial charge on any atom is 0.299 e. The molecule has 0 aliphatic rings. The van der Waals surface area contributed by atoms with E-state index in [0.29, 0.717) is 11.6 Å². The zero-order valence-corrected chi connectivity index (χ0v) is 17.0. The number of carbonyl (C=O) groups is 2. The van der Waals surface area contributed by atoms with E-state index in [2.05, 4.69) is 15.6 Å². The number of aromatic nitrogens is 2. The third-order valence-corrected chi connectivity index (χ3v) is 4.57. The van der Waals surface area contributed by atoms with Gasteiger partial charge in [0.05, 0.1) is 12.3 Å². The molecular weight excluding hydrogens is 440 g/mol. The van der Waals surface area contributed by atoms with E-state index in [9.17, 15) is 28.4 Å². The monoisotopic (exact) mass is 459 g/mol. The van der Waals surface area contributed by atoms with Gasteiger partial charge in [-0.25, -0.2) is 13.8 Å². The van der Waals surface area contributed by atoms with E-state index in [1.54, 1.807) is 0 Å². The van der Waals surface area contributed by atoms with Gasteiger partial charge in [0, 0.05) is 42.4 Å². The number of aliphatic hydroxyl groups excluding tert-OH is 1. The second kappa shape index (κ2) is 9.87. The molecule has 1 aromatic carbocycles. The van der Waals surface area contributed by atoms with Gasteiger partial charge < -0.3 is 26.7 Å². The van der Waals surface area contributed by atoms with Gasteiger partial charge in [0.25, 0.3) is 11.5 Å².